The summed E-state index contributed by atoms with van der Waals surface area (Å²) in [5.74, 6) is -0.735. The van der Waals surface area contributed by atoms with E-state index in [1.807, 2.05) is 20.8 Å². The zero-order valence-electron chi connectivity index (χ0n) is 15.4. The molecule has 1 aliphatic rings. The number of carbonyl (C=O) groups excluding carboxylic acids is 1. The molecule has 138 valence electrons. The number of alkyl carbamates (subject to hydrolysis) is 1. The average molecular weight is 347 g/mol. The van der Waals surface area contributed by atoms with Crippen LogP contribution < -0.4 is 5.32 Å². The van der Waals surface area contributed by atoms with Gasteiger partial charge in [0.1, 0.15) is 5.60 Å². The Hall–Kier alpha value is -2.04. The average Bonchev–Trinajstić information content (AvgIpc) is 2.49. The summed E-state index contributed by atoms with van der Waals surface area (Å²) in [5.41, 5.74) is 3.38. The lowest BCUT2D eigenvalue weighted by molar-refractivity contribution is -0.137. The van der Waals surface area contributed by atoms with Gasteiger partial charge in [-0.1, -0.05) is 18.2 Å². The molecule has 2 N–H and O–H groups in total. The van der Waals surface area contributed by atoms with Gasteiger partial charge in [0.05, 0.1) is 0 Å². The predicted molar refractivity (Wildman–Crippen MR) is 96.8 cm³/mol. The number of carboxylic acid groups (broad SMARTS) is 1. The second kappa shape index (κ2) is 8.37. The molecule has 0 aliphatic heterocycles. The van der Waals surface area contributed by atoms with Crippen molar-refractivity contribution in [3.05, 3.63) is 34.9 Å². The topological polar surface area (TPSA) is 75.6 Å². The summed E-state index contributed by atoms with van der Waals surface area (Å²) >= 11 is 0. The van der Waals surface area contributed by atoms with Crippen molar-refractivity contribution >= 4 is 12.1 Å². The van der Waals surface area contributed by atoms with E-state index in [-0.39, 0.29) is 18.6 Å². The Morgan fingerprint density at radius 1 is 1.24 bits per heavy atom. The number of rotatable bonds is 6. The van der Waals surface area contributed by atoms with Gasteiger partial charge in [-0.3, -0.25) is 4.79 Å². The Morgan fingerprint density at radius 3 is 2.68 bits per heavy atom. The van der Waals surface area contributed by atoms with Gasteiger partial charge in [-0.15, -0.1) is 0 Å². The fraction of sp³-hybridized carbons (Fsp3) is 0.600. The van der Waals surface area contributed by atoms with Crippen LogP contribution in [0.2, 0.25) is 0 Å². The molecule has 1 atom stereocenters. The molecule has 0 fully saturated rings. The van der Waals surface area contributed by atoms with E-state index in [4.69, 9.17) is 9.84 Å². The highest BCUT2D eigenvalue weighted by molar-refractivity contribution is 5.68. The first-order valence-electron chi connectivity index (χ1n) is 9.05. The van der Waals surface area contributed by atoms with E-state index in [1.54, 1.807) is 0 Å². The van der Waals surface area contributed by atoms with Crippen molar-refractivity contribution < 1.29 is 19.4 Å². The monoisotopic (exact) mass is 347 g/mol. The number of hydrogen-bond donors (Lipinski definition) is 2. The quantitative estimate of drug-likeness (QED) is 0.766. The smallest absolute Gasteiger partial charge is 0.407 e. The van der Waals surface area contributed by atoms with Crippen LogP contribution in [0.15, 0.2) is 18.2 Å². The molecule has 0 aromatic heterocycles. The summed E-state index contributed by atoms with van der Waals surface area (Å²) in [5, 5.41) is 11.7. The summed E-state index contributed by atoms with van der Waals surface area (Å²) in [7, 11) is 0. The van der Waals surface area contributed by atoms with Crippen LogP contribution in [0.25, 0.3) is 0 Å². The lowest BCUT2D eigenvalue weighted by Crippen LogP contribution is -2.41. The van der Waals surface area contributed by atoms with Crippen molar-refractivity contribution in [2.24, 2.45) is 0 Å². The molecular weight excluding hydrogens is 318 g/mol. The number of amides is 1. The van der Waals surface area contributed by atoms with Gasteiger partial charge in [-0.2, -0.15) is 0 Å². The number of unbranched alkanes of at least 4 members (excludes halogenated alkanes) is 1. The van der Waals surface area contributed by atoms with Crippen molar-refractivity contribution in [3.63, 3.8) is 0 Å². The van der Waals surface area contributed by atoms with E-state index in [2.05, 4.69) is 23.5 Å². The number of hydrogen-bond acceptors (Lipinski definition) is 3. The van der Waals surface area contributed by atoms with Gasteiger partial charge < -0.3 is 15.2 Å². The van der Waals surface area contributed by atoms with Crippen molar-refractivity contribution in [2.45, 2.75) is 77.4 Å². The fourth-order valence-electron chi connectivity index (χ4n) is 3.17. The minimum Gasteiger partial charge on any atom is -0.481 e. The molecule has 25 heavy (non-hydrogen) atoms. The van der Waals surface area contributed by atoms with Crippen molar-refractivity contribution in [3.8, 4) is 0 Å². The lowest BCUT2D eigenvalue weighted by atomic mass is 9.86. The number of nitrogens with one attached hydrogen (secondary N) is 1. The second-order valence-corrected chi connectivity index (χ2v) is 7.79. The molecule has 0 spiro atoms. The molecule has 1 aliphatic carbocycles. The Labute approximate surface area is 149 Å². The summed E-state index contributed by atoms with van der Waals surface area (Å²) in [6.45, 7) is 5.58. The first-order valence-corrected chi connectivity index (χ1v) is 9.05. The number of carboxylic acids is 1. The largest absolute Gasteiger partial charge is 0.481 e. The summed E-state index contributed by atoms with van der Waals surface area (Å²) in [6.07, 6.45) is 5.04. The highest BCUT2D eigenvalue weighted by Gasteiger charge is 2.23. The summed E-state index contributed by atoms with van der Waals surface area (Å²) < 4.78 is 5.34. The number of carbonyl (C=O) groups is 2. The molecule has 5 heteroatoms. The molecule has 5 nitrogen and oxygen atoms in total. The zero-order chi connectivity index (χ0) is 18.4. The van der Waals surface area contributed by atoms with Crippen molar-refractivity contribution in [2.75, 3.05) is 0 Å². The lowest BCUT2D eigenvalue weighted by Gasteiger charge is -2.27. The van der Waals surface area contributed by atoms with E-state index >= 15 is 0 Å². The first kappa shape index (κ1) is 19.3. The SMILES string of the molecule is CC(C)(C)OC(=O)NC1CCc2ccc(CCCCC(=O)O)cc2C1. The van der Waals surface area contributed by atoms with E-state index in [0.717, 1.165) is 32.1 Å². The number of aliphatic carboxylic acids is 1. The third-order valence-electron chi connectivity index (χ3n) is 4.33. The van der Waals surface area contributed by atoms with Crippen LogP contribution >= 0.6 is 0 Å². The number of ether oxygens (including phenoxy) is 1. The van der Waals surface area contributed by atoms with Crippen molar-refractivity contribution in [1.82, 2.24) is 5.32 Å². The Kier molecular flexibility index (Phi) is 6.45. The van der Waals surface area contributed by atoms with Gasteiger partial charge >= 0.3 is 12.1 Å². The number of aryl methyl sites for hydroxylation is 2. The Morgan fingerprint density at radius 2 is 2.00 bits per heavy atom. The third-order valence-corrected chi connectivity index (χ3v) is 4.33. The van der Waals surface area contributed by atoms with E-state index in [1.165, 1.54) is 16.7 Å². The third kappa shape index (κ3) is 6.77. The van der Waals surface area contributed by atoms with E-state index in [0.29, 0.717) is 6.42 Å². The maximum absolute atomic E-state index is 12.0. The molecule has 0 saturated heterocycles. The normalized spacial score (nSPS) is 16.8. The van der Waals surface area contributed by atoms with E-state index in [9.17, 15) is 9.59 Å². The molecular formula is C20H29NO4. The van der Waals surface area contributed by atoms with Crippen LogP contribution in [0.5, 0.6) is 0 Å². The molecule has 1 amide bonds. The van der Waals surface area contributed by atoms with Gasteiger partial charge in [0.15, 0.2) is 0 Å². The van der Waals surface area contributed by atoms with Gasteiger partial charge in [-0.05, 0) is 76.0 Å². The molecule has 1 unspecified atom stereocenters. The minimum atomic E-state index is -0.735. The Balaban J connectivity index is 1.89. The highest BCUT2D eigenvalue weighted by atomic mass is 16.6. The molecule has 2 rings (SSSR count). The molecule has 0 heterocycles. The van der Waals surface area contributed by atoms with Crippen LogP contribution in [0.1, 0.15) is 63.1 Å². The van der Waals surface area contributed by atoms with E-state index < -0.39 is 11.6 Å². The second-order valence-electron chi connectivity index (χ2n) is 7.79. The maximum Gasteiger partial charge on any atom is 0.407 e. The summed E-state index contributed by atoms with van der Waals surface area (Å²) in [6, 6.07) is 6.62. The highest BCUT2D eigenvalue weighted by Crippen LogP contribution is 2.24. The number of fused-ring (bicyclic) bond motifs is 1. The molecule has 1 aromatic carbocycles. The Bertz CT molecular complexity index is 619. The number of benzene rings is 1. The minimum absolute atomic E-state index is 0.101. The van der Waals surface area contributed by atoms with Crippen LogP contribution in [-0.2, 0) is 28.8 Å². The van der Waals surface area contributed by atoms with Gasteiger partial charge in [0.2, 0.25) is 0 Å². The predicted octanol–water partition coefficient (Wildman–Crippen LogP) is 3.87. The van der Waals surface area contributed by atoms with Crippen LogP contribution in [0, 0.1) is 0 Å². The van der Waals surface area contributed by atoms with Gasteiger partial charge in [0.25, 0.3) is 0 Å². The molecule has 1 aromatic rings. The van der Waals surface area contributed by atoms with Gasteiger partial charge in [-0.25, -0.2) is 4.79 Å². The van der Waals surface area contributed by atoms with Crippen LogP contribution in [0.3, 0.4) is 0 Å². The standard InChI is InChI=1S/C20H29NO4/c1-20(2,3)25-19(24)21-17-11-10-15-9-8-14(12-16(15)13-17)6-4-5-7-18(22)23/h8-9,12,17H,4-7,10-11,13H2,1-3H3,(H,21,24)(H,22,23). The fourth-order valence-corrected chi connectivity index (χ4v) is 3.17. The first-order chi connectivity index (χ1) is 11.7. The molecule has 0 bridgehead atoms. The summed E-state index contributed by atoms with van der Waals surface area (Å²) in [4.78, 5) is 22.5. The maximum atomic E-state index is 12.0. The van der Waals surface area contributed by atoms with Crippen LogP contribution in [0.4, 0.5) is 4.79 Å². The van der Waals surface area contributed by atoms with Crippen molar-refractivity contribution in [1.29, 1.82) is 0 Å². The molecule has 0 radical (unpaired) electrons. The van der Waals surface area contributed by atoms with Crippen LogP contribution in [-0.4, -0.2) is 28.8 Å². The molecule has 0 saturated carbocycles. The zero-order valence-corrected chi connectivity index (χ0v) is 15.4. The van der Waals surface area contributed by atoms with Gasteiger partial charge in [0, 0.05) is 12.5 Å².